The van der Waals surface area contributed by atoms with E-state index in [2.05, 4.69) is 20.4 Å². The molecule has 2 rings (SSSR count). The normalized spacial score (nSPS) is 25.5. The van der Waals surface area contributed by atoms with Gasteiger partial charge in [-0.1, -0.05) is 57.9 Å². The molecule has 0 heterocycles. The number of aliphatic hydroxyl groups is 1. The van der Waals surface area contributed by atoms with E-state index in [1.54, 1.807) is 0 Å². The van der Waals surface area contributed by atoms with Crippen LogP contribution in [0.5, 0.6) is 0 Å². The van der Waals surface area contributed by atoms with Crippen LogP contribution >= 0.6 is 0 Å². The van der Waals surface area contributed by atoms with Crippen molar-refractivity contribution in [2.24, 2.45) is 0 Å². The molecule has 0 aromatic rings. The van der Waals surface area contributed by atoms with Crippen LogP contribution in [0.1, 0.15) is 65.2 Å². The summed E-state index contributed by atoms with van der Waals surface area (Å²) >= 11 is 0. The van der Waals surface area contributed by atoms with Gasteiger partial charge in [-0.25, -0.2) is 0 Å². The molecule has 0 aromatic carbocycles. The summed E-state index contributed by atoms with van der Waals surface area (Å²) in [5, 5.41) is 10.3. The van der Waals surface area contributed by atoms with Crippen LogP contribution in [-0.2, 0) is 0 Å². The van der Waals surface area contributed by atoms with Gasteiger partial charge in [-0.3, -0.25) is 0 Å². The van der Waals surface area contributed by atoms with Gasteiger partial charge in [0.05, 0.1) is 13.3 Å². The summed E-state index contributed by atoms with van der Waals surface area (Å²) in [7, 11) is -1.53. The Balaban J connectivity index is 2.23. The minimum Gasteiger partial charge on any atom is -0.394 e. The number of hydrogen-bond donors (Lipinski definition) is 1. The van der Waals surface area contributed by atoms with E-state index in [0.717, 1.165) is 11.1 Å². The lowest BCUT2D eigenvalue weighted by molar-refractivity contribution is 0.149. The Morgan fingerprint density at radius 1 is 0.875 bits per heavy atom. The van der Waals surface area contributed by atoms with Gasteiger partial charge in [-0.15, -0.1) is 0 Å². The number of rotatable bonds is 3. The zero-order chi connectivity index (χ0) is 11.8. The summed E-state index contributed by atoms with van der Waals surface area (Å²) in [4.78, 5) is 0. The second kappa shape index (κ2) is 4.45. The lowest BCUT2D eigenvalue weighted by atomic mass is 10.3. The Kier molecular flexibility index (Phi) is 3.51. The molecule has 0 aromatic heterocycles. The fraction of sp³-hybridized carbons (Fsp3) is 1.00. The summed E-state index contributed by atoms with van der Waals surface area (Å²) < 4.78 is 0. The molecule has 2 aliphatic rings. The van der Waals surface area contributed by atoms with Gasteiger partial charge in [-0.05, 0) is 24.9 Å². The zero-order valence-corrected chi connectivity index (χ0v) is 12.3. The van der Waals surface area contributed by atoms with Crippen molar-refractivity contribution in [1.82, 2.24) is 0 Å². The van der Waals surface area contributed by atoms with Crippen LogP contribution in [0.4, 0.5) is 0 Å². The van der Waals surface area contributed by atoms with Gasteiger partial charge in [0.25, 0.3) is 0 Å². The molecule has 0 unspecified atom stereocenters. The Hall–Kier alpha value is 0.177. The van der Waals surface area contributed by atoms with Crippen LogP contribution in [0.15, 0.2) is 0 Å². The van der Waals surface area contributed by atoms with Gasteiger partial charge in [0.15, 0.2) is 0 Å². The first-order valence-electron chi connectivity index (χ1n) is 7.18. The van der Waals surface area contributed by atoms with Crippen molar-refractivity contribution in [2.45, 2.75) is 88.1 Å². The Morgan fingerprint density at radius 2 is 1.19 bits per heavy atom. The minimum absolute atomic E-state index is 0.378. The monoisotopic (exact) mass is 240 g/mol. The Morgan fingerprint density at radius 3 is 1.44 bits per heavy atom. The van der Waals surface area contributed by atoms with Crippen molar-refractivity contribution in [2.75, 3.05) is 0 Å². The third-order valence-corrected chi connectivity index (χ3v) is 12.9. The molecule has 16 heavy (non-hydrogen) atoms. The molecule has 1 N–H and O–H groups in total. The second-order valence-electron chi connectivity index (χ2n) is 6.80. The van der Waals surface area contributed by atoms with E-state index >= 15 is 0 Å². The van der Waals surface area contributed by atoms with Crippen LogP contribution in [0.25, 0.3) is 0 Å². The van der Waals surface area contributed by atoms with E-state index in [9.17, 15) is 5.11 Å². The molecule has 94 valence electrons. The second-order valence-corrected chi connectivity index (χ2v) is 12.2. The maximum Gasteiger partial charge on any atom is 0.0935 e. The van der Waals surface area contributed by atoms with Crippen molar-refractivity contribution in [3.8, 4) is 0 Å². The van der Waals surface area contributed by atoms with Crippen LogP contribution in [-0.4, -0.2) is 18.4 Å². The minimum atomic E-state index is -1.53. The molecule has 2 aliphatic carbocycles. The maximum absolute atomic E-state index is 10.7. The first kappa shape index (κ1) is 12.6. The van der Waals surface area contributed by atoms with Crippen LogP contribution in [0, 0.1) is 0 Å². The van der Waals surface area contributed by atoms with E-state index in [1.807, 2.05) is 0 Å². The molecule has 0 aliphatic heterocycles. The highest BCUT2D eigenvalue weighted by Gasteiger charge is 2.53. The van der Waals surface area contributed by atoms with Crippen LogP contribution in [0.2, 0.25) is 17.6 Å². The first-order valence-corrected chi connectivity index (χ1v) is 9.84. The van der Waals surface area contributed by atoms with Crippen molar-refractivity contribution in [3.63, 3.8) is 0 Å². The average Bonchev–Trinajstić information content (AvgIpc) is 2.88. The highest BCUT2D eigenvalue weighted by atomic mass is 28.3. The van der Waals surface area contributed by atoms with Crippen molar-refractivity contribution in [1.29, 1.82) is 0 Å². The topological polar surface area (TPSA) is 20.2 Å². The lowest BCUT2D eigenvalue weighted by Gasteiger charge is -2.47. The predicted octanol–water partition coefficient (Wildman–Crippen LogP) is 4.26. The van der Waals surface area contributed by atoms with Gasteiger partial charge >= 0.3 is 0 Å². The molecule has 2 fully saturated rings. The van der Waals surface area contributed by atoms with Gasteiger partial charge in [0.1, 0.15) is 0 Å². The fourth-order valence-electron chi connectivity index (χ4n) is 4.38. The Bertz CT molecular complexity index is 216. The summed E-state index contributed by atoms with van der Waals surface area (Å²) in [6, 6.07) is 0. The number of hydrogen-bond acceptors (Lipinski definition) is 1. The predicted molar refractivity (Wildman–Crippen MR) is 72.4 cm³/mol. The van der Waals surface area contributed by atoms with Crippen molar-refractivity contribution in [3.05, 3.63) is 0 Å². The van der Waals surface area contributed by atoms with E-state index < -0.39 is 8.07 Å². The summed E-state index contributed by atoms with van der Waals surface area (Å²) in [5.41, 5.74) is 1.80. The first-order chi connectivity index (χ1) is 7.46. The van der Waals surface area contributed by atoms with E-state index in [-0.39, 0.29) is 5.22 Å². The quantitative estimate of drug-likeness (QED) is 0.731. The van der Waals surface area contributed by atoms with Crippen LogP contribution < -0.4 is 0 Å². The van der Waals surface area contributed by atoms with E-state index in [1.165, 1.54) is 51.4 Å². The molecule has 0 radical (unpaired) electrons. The van der Waals surface area contributed by atoms with Gasteiger partial charge in [0.2, 0.25) is 0 Å². The highest BCUT2D eigenvalue weighted by Crippen LogP contribution is 2.53. The molecule has 0 amide bonds. The molecule has 0 atom stereocenters. The fourth-order valence-corrected chi connectivity index (χ4v) is 10.3. The largest absolute Gasteiger partial charge is 0.394 e. The standard InChI is InChI=1S/C14H28OSi/c1-14(2,15)16(3,12-8-4-5-9-12)13-10-6-7-11-13/h12-13,15H,4-11H2,1-3H3. The average molecular weight is 240 g/mol. The third kappa shape index (κ3) is 1.99. The van der Waals surface area contributed by atoms with Gasteiger partial charge < -0.3 is 5.11 Å². The molecule has 2 saturated carbocycles. The molecule has 1 nitrogen and oxygen atoms in total. The van der Waals surface area contributed by atoms with Crippen molar-refractivity contribution < 1.29 is 5.11 Å². The molecular weight excluding hydrogens is 212 g/mol. The SMILES string of the molecule is CC(C)(O)[Si](C)(C1CCCC1)C1CCCC1. The Labute approximate surface area is 102 Å². The highest BCUT2D eigenvalue weighted by molar-refractivity contribution is 6.83. The zero-order valence-electron chi connectivity index (χ0n) is 11.3. The molecule has 0 bridgehead atoms. The van der Waals surface area contributed by atoms with E-state index in [4.69, 9.17) is 0 Å². The van der Waals surface area contributed by atoms with Gasteiger partial charge in [-0.2, -0.15) is 0 Å². The van der Waals surface area contributed by atoms with Gasteiger partial charge in [0, 0.05) is 0 Å². The van der Waals surface area contributed by atoms with E-state index in [0.29, 0.717) is 0 Å². The van der Waals surface area contributed by atoms with Crippen LogP contribution in [0.3, 0.4) is 0 Å². The molecule has 2 heteroatoms. The third-order valence-electron chi connectivity index (χ3n) is 5.72. The molecular formula is C14H28OSi. The van der Waals surface area contributed by atoms with Crippen molar-refractivity contribution >= 4 is 8.07 Å². The lowest BCUT2D eigenvalue weighted by Crippen LogP contribution is -2.58. The summed E-state index contributed by atoms with van der Waals surface area (Å²) in [6.45, 7) is 6.73. The summed E-state index contributed by atoms with van der Waals surface area (Å²) in [6.07, 6.45) is 11.3. The molecule has 0 spiro atoms. The summed E-state index contributed by atoms with van der Waals surface area (Å²) in [5.74, 6) is 0. The maximum atomic E-state index is 10.7. The smallest absolute Gasteiger partial charge is 0.0935 e. The molecule has 0 saturated heterocycles.